The Hall–Kier alpha value is -1.02. The van der Waals surface area contributed by atoms with Gasteiger partial charge in [0.05, 0.1) is 0 Å². The predicted octanol–water partition coefficient (Wildman–Crippen LogP) is 2.32. The molecule has 1 aromatic rings. The molecule has 1 saturated heterocycles. The quantitative estimate of drug-likeness (QED) is 0.775. The van der Waals surface area contributed by atoms with E-state index >= 15 is 0 Å². The molecule has 2 heteroatoms. The van der Waals surface area contributed by atoms with E-state index in [1.807, 2.05) is 0 Å². The Morgan fingerprint density at radius 2 is 1.94 bits per heavy atom. The number of anilines is 1. The lowest BCUT2D eigenvalue weighted by Crippen LogP contribution is -2.32. The second-order valence-electron chi connectivity index (χ2n) is 4.89. The van der Waals surface area contributed by atoms with Gasteiger partial charge in [-0.05, 0) is 49.4 Å². The van der Waals surface area contributed by atoms with Gasteiger partial charge in [-0.3, -0.25) is 0 Å². The van der Waals surface area contributed by atoms with Gasteiger partial charge in [-0.1, -0.05) is 12.1 Å². The summed E-state index contributed by atoms with van der Waals surface area (Å²) in [4.78, 5) is 2.59. The first-order chi connectivity index (χ1) is 7.95. The van der Waals surface area contributed by atoms with E-state index in [9.17, 15) is 0 Å². The summed E-state index contributed by atoms with van der Waals surface area (Å²) in [5.41, 5.74) is 4.62. The molecular weight excluding hydrogens is 196 g/mol. The average molecular weight is 216 g/mol. The van der Waals surface area contributed by atoms with E-state index in [2.05, 4.69) is 28.4 Å². The van der Waals surface area contributed by atoms with Crippen molar-refractivity contribution in [2.45, 2.75) is 32.2 Å². The van der Waals surface area contributed by atoms with Crippen LogP contribution in [0.15, 0.2) is 18.2 Å². The molecule has 0 aromatic heterocycles. The summed E-state index contributed by atoms with van der Waals surface area (Å²) in [6.45, 7) is 4.70. The van der Waals surface area contributed by atoms with E-state index in [-0.39, 0.29) is 0 Å². The first-order valence-corrected chi connectivity index (χ1v) is 6.51. The Morgan fingerprint density at radius 3 is 2.81 bits per heavy atom. The van der Waals surface area contributed by atoms with Crippen molar-refractivity contribution in [3.8, 4) is 0 Å². The molecule has 0 spiro atoms. The van der Waals surface area contributed by atoms with Crippen molar-refractivity contribution in [3.63, 3.8) is 0 Å². The zero-order valence-corrected chi connectivity index (χ0v) is 9.84. The molecule has 3 rings (SSSR count). The Bertz CT molecular complexity index is 367. The van der Waals surface area contributed by atoms with Crippen molar-refractivity contribution in [1.29, 1.82) is 0 Å². The number of hydrogen-bond acceptors (Lipinski definition) is 2. The van der Waals surface area contributed by atoms with Crippen molar-refractivity contribution in [3.05, 3.63) is 29.3 Å². The Balaban J connectivity index is 1.93. The van der Waals surface area contributed by atoms with Crippen LogP contribution in [-0.2, 0) is 13.0 Å². The molecule has 1 aromatic carbocycles. The van der Waals surface area contributed by atoms with E-state index in [4.69, 9.17) is 0 Å². The molecule has 86 valence electrons. The molecule has 0 unspecified atom stereocenters. The minimum Gasteiger partial charge on any atom is -0.371 e. The molecule has 0 aliphatic carbocycles. The molecule has 2 aliphatic rings. The Kier molecular flexibility index (Phi) is 2.83. The Morgan fingerprint density at radius 1 is 1.06 bits per heavy atom. The van der Waals surface area contributed by atoms with Gasteiger partial charge in [0.25, 0.3) is 0 Å². The maximum absolute atomic E-state index is 3.45. The van der Waals surface area contributed by atoms with Gasteiger partial charge in [-0.2, -0.15) is 0 Å². The zero-order valence-electron chi connectivity index (χ0n) is 9.84. The summed E-state index contributed by atoms with van der Waals surface area (Å²) in [6.07, 6.45) is 5.33. The van der Waals surface area contributed by atoms with Gasteiger partial charge in [-0.25, -0.2) is 0 Å². The van der Waals surface area contributed by atoms with Crippen molar-refractivity contribution >= 4 is 5.69 Å². The van der Waals surface area contributed by atoms with Crippen molar-refractivity contribution in [2.24, 2.45) is 0 Å². The van der Waals surface area contributed by atoms with Crippen LogP contribution in [0.25, 0.3) is 0 Å². The number of benzene rings is 1. The van der Waals surface area contributed by atoms with Gasteiger partial charge >= 0.3 is 0 Å². The standard InChI is InChI=1S/C14H20N2/c1-2-9-16(10-3-1)14-6-4-5-12-11-15-8-7-13(12)14/h4-6,15H,1-3,7-11H2. The summed E-state index contributed by atoms with van der Waals surface area (Å²) < 4.78 is 0. The summed E-state index contributed by atoms with van der Waals surface area (Å²) >= 11 is 0. The van der Waals surface area contributed by atoms with Crippen LogP contribution in [-0.4, -0.2) is 19.6 Å². The second-order valence-corrected chi connectivity index (χ2v) is 4.89. The lowest BCUT2D eigenvalue weighted by molar-refractivity contribution is 0.571. The van der Waals surface area contributed by atoms with Crippen LogP contribution in [0.5, 0.6) is 0 Å². The highest BCUT2D eigenvalue weighted by atomic mass is 15.1. The summed E-state index contributed by atoms with van der Waals surface area (Å²) in [5.74, 6) is 0. The fourth-order valence-electron chi connectivity index (χ4n) is 2.94. The lowest BCUT2D eigenvalue weighted by Gasteiger charge is -2.32. The van der Waals surface area contributed by atoms with Gasteiger partial charge in [0.1, 0.15) is 0 Å². The van der Waals surface area contributed by atoms with Crippen molar-refractivity contribution < 1.29 is 0 Å². The third-order valence-corrected chi connectivity index (χ3v) is 3.81. The minimum absolute atomic E-state index is 1.05. The maximum atomic E-state index is 3.45. The van der Waals surface area contributed by atoms with Gasteiger partial charge in [-0.15, -0.1) is 0 Å². The van der Waals surface area contributed by atoms with Gasteiger partial charge in [0.2, 0.25) is 0 Å². The van der Waals surface area contributed by atoms with Gasteiger partial charge in [0, 0.05) is 25.3 Å². The Labute approximate surface area is 97.6 Å². The number of piperidine rings is 1. The van der Waals surface area contributed by atoms with Crippen LogP contribution in [0, 0.1) is 0 Å². The molecule has 0 atom stereocenters. The highest BCUT2D eigenvalue weighted by Gasteiger charge is 2.18. The van der Waals surface area contributed by atoms with Crippen LogP contribution >= 0.6 is 0 Å². The fraction of sp³-hybridized carbons (Fsp3) is 0.571. The summed E-state index contributed by atoms with van der Waals surface area (Å²) in [6, 6.07) is 6.81. The van der Waals surface area contributed by atoms with E-state index < -0.39 is 0 Å². The highest BCUT2D eigenvalue weighted by molar-refractivity contribution is 5.57. The van der Waals surface area contributed by atoms with Crippen LogP contribution in [0.2, 0.25) is 0 Å². The molecule has 0 amide bonds. The van der Waals surface area contributed by atoms with Gasteiger partial charge in [0.15, 0.2) is 0 Å². The SMILES string of the molecule is c1cc2c(c(N3CCCCC3)c1)CCNC2. The van der Waals surface area contributed by atoms with Gasteiger partial charge < -0.3 is 10.2 Å². The smallest absolute Gasteiger partial charge is 0.0402 e. The molecule has 2 nitrogen and oxygen atoms in total. The zero-order chi connectivity index (χ0) is 10.8. The average Bonchev–Trinajstić information content (AvgIpc) is 2.39. The normalized spacial score (nSPS) is 20.6. The second kappa shape index (κ2) is 4.46. The van der Waals surface area contributed by atoms with E-state index in [1.165, 1.54) is 50.0 Å². The fourth-order valence-corrected chi connectivity index (χ4v) is 2.94. The molecule has 16 heavy (non-hydrogen) atoms. The van der Waals surface area contributed by atoms with Crippen LogP contribution in [0.4, 0.5) is 5.69 Å². The molecule has 0 saturated carbocycles. The van der Waals surface area contributed by atoms with Crippen molar-refractivity contribution in [1.82, 2.24) is 5.32 Å². The largest absolute Gasteiger partial charge is 0.371 e. The molecule has 1 N–H and O–H groups in total. The molecule has 2 aliphatic heterocycles. The molecule has 1 fully saturated rings. The van der Waals surface area contributed by atoms with Crippen LogP contribution < -0.4 is 10.2 Å². The number of fused-ring (bicyclic) bond motifs is 1. The van der Waals surface area contributed by atoms with Crippen molar-refractivity contribution in [2.75, 3.05) is 24.5 Å². The summed E-state index contributed by atoms with van der Waals surface area (Å²) in [7, 11) is 0. The highest BCUT2D eigenvalue weighted by Crippen LogP contribution is 2.28. The first-order valence-electron chi connectivity index (χ1n) is 6.51. The maximum Gasteiger partial charge on any atom is 0.0402 e. The number of nitrogens with one attached hydrogen (secondary N) is 1. The number of rotatable bonds is 1. The monoisotopic (exact) mass is 216 g/mol. The lowest BCUT2D eigenvalue weighted by atomic mass is 9.97. The molecule has 0 bridgehead atoms. The molecule has 2 heterocycles. The van der Waals surface area contributed by atoms with E-state index in [0.29, 0.717) is 0 Å². The topological polar surface area (TPSA) is 15.3 Å². The number of nitrogens with zero attached hydrogens (tertiary/aromatic N) is 1. The van der Waals surface area contributed by atoms with Crippen LogP contribution in [0.1, 0.15) is 30.4 Å². The molecular formula is C14H20N2. The first kappa shape index (κ1) is 10.2. The third-order valence-electron chi connectivity index (χ3n) is 3.81. The number of hydrogen-bond donors (Lipinski definition) is 1. The van der Waals surface area contributed by atoms with Crippen LogP contribution in [0.3, 0.4) is 0 Å². The third kappa shape index (κ3) is 1.82. The van der Waals surface area contributed by atoms with E-state index in [1.54, 1.807) is 5.56 Å². The predicted molar refractivity (Wildman–Crippen MR) is 67.9 cm³/mol. The summed E-state index contributed by atoms with van der Waals surface area (Å²) in [5, 5.41) is 3.45. The van der Waals surface area contributed by atoms with E-state index in [0.717, 1.165) is 13.1 Å². The minimum atomic E-state index is 1.05. The molecule has 0 radical (unpaired) electrons.